The number of hydrogen-bond acceptors (Lipinski definition) is 7. The number of ether oxygens (including phenoxy) is 2. The molecule has 4 aromatic rings. The first-order valence-electron chi connectivity index (χ1n) is 12.3. The number of halogens is 1. The first-order valence-corrected chi connectivity index (χ1v) is 13.9. The van der Waals surface area contributed by atoms with Crippen molar-refractivity contribution < 1.29 is 19.1 Å². The van der Waals surface area contributed by atoms with E-state index in [1.165, 1.54) is 18.3 Å². The second-order valence-electron chi connectivity index (χ2n) is 8.96. The molecule has 0 radical (unpaired) electrons. The van der Waals surface area contributed by atoms with Crippen molar-refractivity contribution in [1.82, 2.24) is 4.57 Å². The summed E-state index contributed by atoms with van der Waals surface area (Å²) in [6.45, 7) is 3.10. The van der Waals surface area contributed by atoms with Crippen LogP contribution in [0.25, 0.3) is 6.08 Å². The molecule has 1 aliphatic rings. The molecule has 0 aliphatic carbocycles. The third-order valence-corrected chi connectivity index (χ3v) is 7.82. The molecule has 3 aromatic carbocycles. The highest BCUT2D eigenvalue weighted by Gasteiger charge is 2.32. The quantitative estimate of drug-likeness (QED) is 0.252. The Bertz CT molecular complexity index is 1840. The standard InChI is InChI=1S/C30H24BrN3O5S/c1-17-26(28(36)33-21-9-5-4-6-10-21)27(20-8-7-11-22(16-20)38-3)34-29(37)25(40-30(34)32-17)15-19-12-13-24(23(31)14-19)39-18(2)35/h4-16,27H,1-3H3,(H,33,36)/b25-15-/t27-/m1/s1. The lowest BCUT2D eigenvalue weighted by Gasteiger charge is -2.25. The minimum absolute atomic E-state index is 0.283. The molecule has 1 aromatic heterocycles. The van der Waals surface area contributed by atoms with Gasteiger partial charge in [0.1, 0.15) is 11.5 Å². The van der Waals surface area contributed by atoms with Crippen molar-refractivity contribution in [1.29, 1.82) is 0 Å². The van der Waals surface area contributed by atoms with E-state index in [0.717, 1.165) is 5.56 Å². The maximum Gasteiger partial charge on any atom is 0.308 e. The molecule has 10 heteroatoms. The number of thiazole rings is 1. The average Bonchev–Trinajstić information content (AvgIpc) is 3.23. The first kappa shape index (κ1) is 27.3. The Hall–Kier alpha value is -4.28. The van der Waals surface area contributed by atoms with Crippen LogP contribution in [0.4, 0.5) is 5.69 Å². The predicted molar refractivity (Wildman–Crippen MR) is 157 cm³/mol. The molecule has 40 heavy (non-hydrogen) atoms. The topological polar surface area (TPSA) is 99.0 Å². The largest absolute Gasteiger partial charge is 0.497 e. The summed E-state index contributed by atoms with van der Waals surface area (Å²) < 4.78 is 13.2. The highest BCUT2D eigenvalue weighted by atomic mass is 79.9. The molecule has 0 bridgehead atoms. The van der Waals surface area contributed by atoms with Gasteiger partial charge < -0.3 is 14.8 Å². The minimum Gasteiger partial charge on any atom is -0.497 e. The van der Waals surface area contributed by atoms with Crippen LogP contribution in [0, 0.1) is 0 Å². The van der Waals surface area contributed by atoms with Crippen LogP contribution in [0.15, 0.2) is 98.3 Å². The van der Waals surface area contributed by atoms with Crippen molar-refractivity contribution >= 4 is 50.9 Å². The molecule has 8 nitrogen and oxygen atoms in total. The molecule has 1 amide bonds. The number of esters is 1. The number of methoxy groups -OCH3 is 1. The van der Waals surface area contributed by atoms with Gasteiger partial charge in [0, 0.05) is 12.6 Å². The van der Waals surface area contributed by atoms with Crippen LogP contribution in [0.3, 0.4) is 0 Å². The number of amides is 1. The number of allylic oxidation sites excluding steroid dienone is 1. The SMILES string of the molecule is COc1cccc([C@@H]2C(C(=O)Nc3ccccc3)=C(C)N=c3s/c(=C\c4ccc(OC(C)=O)c(Br)c4)c(=O)n32)c1. The first-order chi connectivity index (χ1) is 19.2. The van der Waals surface area contributed by atoms with E-state index < -0.39 is 12.0 Å². The monoisotopic (exact) mass is 617 g/mol. The molecule has 1 N–H and O–H groups in total. The Labute approximate surface area is 242 Å². The van der Waals surface area contributed by atoms with Crippen molar-refractivity contribution in [2.75, 3.05) is 12.4 Å². The van der Waals surface area contributed by atoms with Crippen LogP contribution in [0.5, 0.6) is 11.5 Å². The zero-order chi connectivity index (χ0) is 28.4. The summed E-state index contributed by atoms with van der Waals surface area (Å²) in [7, 11) is 1.57. The number of carbonyl (C=O) groups is 2. The molecule has 5 rings (SSSR count). The molecule has 1 aliphatic heterocycles. The van der Waals surface area contributed by atoms with Gasteiger partial charge in [-0.1, -0.05) is 47.7 Å². The zero-order valence-electron chi connectivity index (χ0n) is 21.8. The van der Waals surface area contributed by atoms with Crippen LogP contribution >= 0.6 is 27.3 Å². The number of rotatable bonds is 6. The number of nitrogens with one attached hydrogen (secondary N) is 1. The fourth-order valence-electron chi connectivity index (χ4n) is 4.45. The van der Waals surface area contributed by atoms with Gasteiger partial charge in [0.15, 0.2) is 4.80 Å². The second-order valence-corrected chi connectivity index (χ2v) is 10.8. The summed E-state index contributed by atoms with van der Waals surface area (Å²) in [5, 5.41) is 2.94. The van der Waals surface area contributed by atoms with Crippen molar-refractivity contribution in [3.8, 4) is 11.5 Å². The van der Waals surface area contributed by atoms with Gasteiger partial charge in [-0.25, -0.2) is 4.99 Å². The molecule has 0 unspecified atom stereocenters. The lowest BCUT2D eigenvalue weighted by molar-refractivity contribution is -0.131. The Morgan fingerprint density at radius 3 is 2.55 bits per heavy atom. The zero-order valence-corrected chi connectivity index (χ0v) is 24.2. The number of para-hydroxylation sites is 1. The maximum atomic E-state index is 13.9. The van der Waals surface area contributed by atoms with Crippen LogP contribution < -0.4 is 29.7 Å². The van der Waals surface area contributed by atoms with E-state index in [-0.39, 0.29) is 11.5 Å². The Morgan fingerprint density at radius 2 is 1.85 bits per heavy atom. The minimum atomic E-state index is -0.727. The summed E-state index contributed by atoms with van der Waals surface area (Å²) in [4.78, 5) is 44.1. The molecule has 0 saturated heterocycles. The number of benzene rings is 3. The summed E-state index contributed by atoms with van der Waals surface area (Å²) in [5.41, 5.74) is 2.68. The number of nitrogens with zero attached hydrogens (tertiary/aromatic N) is 2. The van der Waals surface area contributed by atoms with Gasteiger partial charge >= 0.3 is 5.97 Å². The average molecular weight is 619 g/mol. The second kappa shape index (κ2) is 11.4. The molecule has 0 spiro atoms. The molecular weight excluding hydrogens is 594 g/mol. The maximum absolute atomic E-state index is 13.9. The van der Waals surface area contributed by atoms with E-state index in [2.05, 4.69) is 26.2 Å². The number of aromatic nitrogens is 1. The third kappa shape index (κ3) is 5.54. The highest BCUT2D eigenvalue weighted by Crippen LogP contribution is 2.32. The van der Waals surface area contributed by atoms with Gasteiger partial charge in [-0.2, -0.15) is 0 Å². The molecule has 2 heterocycles. The van der Waals surface area contributed by atoms with Crippen molar-refractivity contribution in [3.05, 3.63) is 119 Å². The van der Waals surface area contributed by atoms with E-state index >= 15 is 0 Å². The Balaban J connectivity index is 1.64. The molecule has 0 saturated carbocycles. The normalized spacial score (nSPS) is 14.8. The van der Waals surface area contributed by atoms with Crippen molar-refractivity contribution in [2.45, 2.75) is 19.9 Å². The lowest BCUT2D eigenvalue weighted by Crippen LogP contribution is -2.40. The summed E-state index contributed by atoms with van der Waals surface area (Å²) in [6.07, 6.45) is 1.75. The van der Waals surface area contributed by atoms with Crippen molar-refractivity contribution in [3.63, 3.8) is 0 Å². The van der Waals surface area contributed by atoms with Gasteiger partial charge in [-0.15, -0.1) is 0 Å². The van der Waals surface area contributed by atoms with E-state index in [4.69, 9.17) is 9.47 Å². The number of hydrogen-bond donors (Lipinski definition) is 1. The van der Waals surface area contributed by atoms with Crippen molar-refractivity contribution in [2.24, 2.45) is 4.99 Å². The highest BCUT2D eigenvalue weighted by molar-refractivity contribution is 9.10. The Kier molecular flexibility index (Phi) is 7.81. The molecule has 1 atom stereocenters. The number of carbonyl (C=O) groups excluding carboxylic acids is 2. The summed E-state index contributed by atoms with van der Waals surface area (Å²) >= 11 is 4.66. The summed E-state index contributed by atoms with van der Waals surface area (Å²) in [5.74, 6) is 0.213. The van der Waals surface area contributed by atoms with E-state index in [9.17, 15) is 14.4 Å². The third-order valence-electron chi connectivity index (χ3n) is 6.21. The van der Waals surface area contributed by atoms with Gasteiger partial charge in [-0.05, 0) is 76.5 Å². The molecular formula is C30H24BrN3O5S. The van der Waals surface area contributed by atoms with Crippen LogP contribution in [0.1, 0.15) is 31.0 Å². The van der Waals surface area contributed by atoms with Gasteiger partial charge in [0.25, 0.3) is 11.5 Å². The molecule has 0 fully saturated rings. The lowest BCUT2D eigenvalue weighted by atomic mass is 9.95. The van der Waals surface area contributed by atoms with E-state index in [1.54, 1.807) is 55.0 Å². The van der Waals surface area contributed by atoms with Crippen LogP contribution in [0.2, 0.25) is 0 Å². The van der Waals surface area contributed by atoms with E-state index in [0.29, 0.717) is 47.8 Å². The van der Waals surface area contributed by atoms with Gasteiger partial charge in [-0.3, -0.25) is 19.0 Å². The van der Waals surface area contributed by atoms with Crippen LogP contribution in [-0.4, -0.2) is 23.6 Å². The van der Waals surface area contributed by atoms with Gasteiger partial charge in [0.05, 0.1) is 33.4 Å². The smallest absolute Gasteiger partial charge is 0.308 e. The van der Waals surface area contributed by atoms with Crippen LogP contribution in [-0.2, 0) is 9.59 Å². The Morgan fingerprint density at radius 1 is 1.07 bits per heavy atom. The fourth-order valence-corrected chi connectivity index (χ4v) is 5.98. The molecule has 202 valence electrons. The van der Waals surface area contributed by atoms with Gasteiger partial charge in [0.2, 0.25) is 0 Å². The fraction of sp³-hybridized carbons (Fsp3) is 0.133. The van der Waals surface area contributed by atoms with E-state index in [1.807, 2.05) is 42.5 Å². The summed E-state index contributed by atoms with van der Waals surface area (Å²) in [6, 6.07) is 20.9. The number of anilines is 1. The predicted octanol–water partition coefficient (Wildman–Crippen LogP) is 4.57. The number of fused-ring (bicyclic) bond motifs is 1.